The highest BCUT2D eigenvalue weighted by Crippen LogP contribution is 2.45. The number of hydrogen-bond acceptors (Lipinski definition) is 4. The van der Waals surface area contributed by atoms with Crippen molar-refractivity contribution in [3.8, 4) is 11.1 Å². The lowest BCUT2D eigenvalue weighted by Crippen LogP contribution is -2.39. The smallest absolute Gasteiger partial charge is 0.286 e. The van der Waals surface area contributed by atoms with Crippen molar-refractivity contribution >= 4 is 5.91 Å². The molecule has 0 saturated carbocycles. The number of aliphatic hydroxyl groups is 1. The number of allylic oxidation sites excluding steroid dienone is 1. The molecule has 0 bridgehead atoms. The van der Waals surface area contributed by atoms with Gasteiger partial charge in [-0.3, -0.25) is 4.79 Å². The average Bonchev–Trinajstić information content (AvgIpc) is 3.30. The maximum Gasteiger partial charge on any atom is 0.286 e. The summed E-state index contributed by atoms with van der Waals surface area (Å²) in [6.45, 7) is 2.94. The molecule has 2 N–H and O–H groups in total. The maximum absolute atomic E-state index is 13.2. The Bertz CT molecular complexity index is 1240. The number of rotatable bonds is 9. The highest BCUT2D eigenvalue weighted by atomic mass is 16.7. The molecule has 0 aromatic heterocycles. The molecule has 0 radical (unpaired) electrons. The summed E-state index contributed by atoms with van der Waals surface area (Å²) >= 11 is 0. The van der Waals surface area contributed by atoms with Gasteiger partial charge in [-0.15, -0.1) is 0 Å². The molecule has 1 aliphatic carbocycles. The molecule has 36 heavy (non-hydrogen) atoms. The average molecular weight is 484 g/mol. The normalized spacial score (nSPS) is 20.2. The third-order valence-corrected chi connectivity index (χ3v) is 7.18. The Kier molecular flexibility index (Phi) is 7.49. The van der Waals surface area contributed by atoms with E-state index in [1.165, 1.54) is 27.8 Å². The Morgan fingerprint density at radius 1 is 1.03 bits per heavy atom. The largest absolute Gasteiger partial charge is 0.459 e. The number of hydrogen-bond donors (Lipinski definition) is 2. The lowest BCUT2D eigenvalue weighted by molar-refractivity contribution is -0.166. The lowest BCUT2D eigenvalue weighted by Gasteiger charge is -2.37. The van der Waals surface area contributed by atoms with Gasteiger partial charge in [0.2, 0.25) is 6.29 Å². The van der Waals surface area contributed by atoms with Crippen molar-refractivity contribution in [2.24, 2.45) is 5.92 Å². The van der Waals surface area contributed by atoms with Crippen LogP contribution in [0.2, 0.25) is 0 Å². The molecule has 0 unspecified atom stereocenters. The number of carbonyl (C=O) groups excluding carboxylic acids is 1. The second kappa shape index (κ2) is 11.1. The topological polar surface area (TPSA) is 67.8 Å². The zero-order valence-electron chi connectivity index (χ0n) is 20.7. The van der Waals surface area contributed by atoms with Crippen molar-refractivity contribution in [2.45, 2.75) is 44.9 Å². The van der Waals surface area contributed by atoms with Crippen LogP contribution in [0, 0.1) is 5.92 Å². The molecule has 3 aromatic rings. The molecule has 5 rings (SSSR count). The minimum Gasteiger partial charge on any atom is -0.459 e. The van der Waals surface area contributed by atoms with Crippen LogP contribution in [0.3, 0.4) is 0 Å². The Balaban J connectivity index is 1.50. The molecule has 1 aliphatic heterocycles. The van der Waals surface area contributed by atoms with Crippen LogP contribution < -0.4 is 5.32 Å². The van der Waals surface area contributed by atoms with Crippen LogP contribution in [0.5, 0.6) is 0 Å². The molecular weight excluding hydrogens is 450 g/mol. The van der Waals surface area contributed by atoms with Crippen LogP contribution in [-0.2, 0) is 27.2 Å². The van der Waals surface area contributed by atoms with Crippen LogP contribution in [0.25, 0.3) is 11.1 Å². The van der Waals surface area contributed by atoms with E-state index in [9.17, 15) is 9.90 Å². The number of ether oxygens (including phenoxy) is 2. The first kappa shape index (κ1) is 24.3. The monoisotopic (exact) mass is 483 g/mol. The van der Waals surface area contributed by atoms with Crippen molar-refractivity contribution in [1.29, 1.82) is 0 Å². The van der Waals surface area contributed by atoms with Crippen molar-refractivity contribution < 1.29 is 19.4 Å². The van der Waals surface area contributed by atoms with Crippen LogP contribution in [-0.4, -0.2) is 30.5 Å². The summed E-state index contributed by atoms with van der Waals surface area (Å²) in [5, 5.41) is 12.6. The molecule has 3 aromatic carbocycles. The first-order chi connectivity index (χ1) is 17.7. The fourth-order valence-corrected chi connectivity index (χ4v) is 5.48. The number of amides is 1. The number of aliphatic hydroxyl groups excluding tert-OH is 1. The fraction of sp³-hybridized carbons (Fsp3) is 0.323. The third-order valence-electron chi connectivity index (χ3n) is 7.18. The van der Waals surface area contributed by atoms with Gasteiger partial charge in [-0.25, -0.2) is 0 Å². The Morgan fingerprint density at radius 2 is 1.81 bits per heavy atom. The van der Waals surface area contributed by atoms with Crippen molar-refractivity contribution in [3.63, 3.8) is 0 Å². The predicted molar refractivity (Wildman–Crippen MR) is 140 cm³/mol. The van der Waals surface area contributed by atoms with Gasteiger partial charge in [-0.2, -0.15) is 0 Å². The highest BCUT2D eigenvalue weighted by Gasteiger charge is 2.39. The van der Waals surface area contributed by atoms with E-state index < -0.39 is 6.29 Å². The summed E-state index contributed by atoms with van der Waals surface area (Å²) < 4.78 is 12.2. The Morgan fingerprint density at radius 3 is 2.61 bits per heavy atom. The molecule has 186 valence electrons. The van der Waals surface area contributed by atoms with Gasteiger partial charge in [0, 0.05) is 31.6 Å². The summed E-state index contributed by atoms with van der Waals surface area (Å²) in [6.07, 6.45) is 3.66. The third kappa shape index (κ3) is 4.95. The fourth-order valence-electron chi connectivity index (χ4n) is 5.48. The van der Waals surface area contributed by atoms with E-state index in [-0.39, 0.29) is 24.3 Å². The van der Waals surface area contributed by atoms with Gasteiger partial charge in [0.05, 0.1) is 0 Å². The second-order valence-corrected chi connectivity index (χ2v) is 9.40. The SMILES string of the molecule is CCO[C@@H]1OC(C(=O)NCc2ccccc2)=C[C@H](c2cccc3c2Cc2ccccc2-3)[C@H]1CCCO. The van der Waals surface area contributed by atoms with E-state index >= 15 is 0 Å². The van der Waals surface area contributed by atoms with E-state index in [0.717, 1.165) is 18.4 Å². The molecule has 1 heterocycles. The summed E-state index contributed by atoms with van der Waals surface area (Å²) in [5.74, 6) is -0.0330. The van der Waals surface area contributed by atoms with Crippen LogP contribution in [0.4, 0.5) is 0 Å². The molecule has 0 saturated heterocycles. The molecule has 1 amide bonds. The van der Waals surface area contributed by atoms with Gasteiger partial charge in [-0.1, -0.05) is 72.8 Å². The zero-order chi connectivity index (χ0) is 24.9. The van der Waals surface area contributed by atoms with Crippen molar-refractivity contribution in [2.75, 3.05) is 13.2 Å². The van der Waals surface area contributed by atoms with E-state index in [0.29, 0.717) is 25.3 Å². The van der Waals surface area contributed by atoms with E-state index in [2.05, 4.69) is 47.8 Å². The van der Waals surface area contributed by atoms with Gasteiger partial charge in [0.1, 0.15) is 0 Å². The number of benzene rings is 3. The maximum atomic E-state index is 13.2. The highest BCUT2D eigenvalue weighted by molar-refractivity contribution is 5.91. The Hall–Kier alpha value is -3.41. The molecule has 0 spiro atoms. The predicted octanol–water partition coefficient (Wildman–Crippen LogP) is 5.32. The number of fused-ring (bicyclic) bond motifs is 3. The van der Waals surface area contributed by atoms with Crippen molar-refractivity contribution in [1.82, 2.24) is 5.32 Å². The molecule has 0 fully saturated rings. The molecule has 3 atom stereocenters. The van der Waals surface area contributed by atoms with E-state index in [4.69, 9.17) is 9.47 Å². The number of carbonyl (C=O) groups is 1. The van der Waals surface area contributed by atoms with Crippen LogP contribution in [0.1, 0.15) is 47.9 Å². The quantitative estimate of drug-likeness (QED) is 0.338. The lowest BCUT2D eigenvalue weighted by atomic mass is 9.78. The molecule has 5 heteroatoms. The van der Waals surface area contributed by atoms with Crippen molar-refractivity contribution in [3.05, 3.63) is 107 Å². The van der Waals surface area contributed by atoms with Gasteiger partial charge in [0.15, 0.2) is 5.76 Å². The second-order valence-electron chi connectivity index (χ2n) is 9.40. The van der Waals surface area contributed by atoms with Crippen LogP contribution >= 0.6 is 0 Å². The summed E-state index contributed by atoms with van der Waals surface area (Å²) in [6, 6.07) is 24.8. The minimum absolute atomic E-state index is 0.0158. The zero-order valence-corrected chi connectivity index (χ0v) is 20.7. The van der Waals surface area contributed by atoms with Gasteiger partial charge in [0.25, 0.3) is 5.91 Å². The summed E-state index contributed by atoms with van der Waals surface area (Å²) in [4.78, 5) is 13.2. The number of nitrogens with one attached hydrogen (secondary N) is 1. The summed E-state index contributed by atoms with van der Waals surface area (Å²) in [7, 11) is 0. The van der Waals surface area contributed by atoms with Crippen LogP contribution in [0.15, 0.2) is 84.6 Å². The molecule has 2 aliphatic rings. The van der Waals surface area contributed by atoms with Gasteiger partial charge < -0.3 is 19.9 Å². The van der Waals surface area contributed by atoms with E-state index in [1.807, 2.05) is 43.3 Å². The standard InChI is InChI=1S/C31H33NO4/c1-2-35-31-26(16-9-17-33)28(19-29(36-31)30(34)32-20-21-10-4-3-5-11-21)25-15-8-14-24-23-13-7-6-12-22(23)18-27(24)25/h3-8,10-15,19,26,28,31,33H,2,9,16-18,20H2,1H3,(H,32,34)/t26-,28-,31-/m1/s1. The summed E-state index contributed by atoms with van der Waals surface area (Å²) in [5.41, 5.74) is 7.39. The molecular formula is C31H33NO4. The minimum atomic E-state index is -0.561. The van der Waals surface area contributed by atoms with E-state index in [1.54, 1.807) is 0 Å². The first-order valence-electron chi connectivity index (χ1n) is 12.8. The van der Waals surface area contributed by atoms with Gasteiger partial charge in [-0.05, 0) is 65.6 Å². The van der Waals surface area contributed by atoms with Gasteiger partial charge >= 0.3 is 0 Å². The first-order valence-corrected chi connectivity index (χ1v) is 12.8. The Labute approximate surface area is 212 Å². The molecule has 5 nitrogen and oxygen atoms in total.